The number of hydrogen-bond acceptors (Lipinski definition) is 20. The number of nitrogens with zero attached hydrogens (tertiary/aromatic N) is 2. The fourth-order valence-corrected chi connectivity index (χ4v) is 8.22. The van der Waals surface area contributed by atoms with Crippen LogP contribution < -0.4 is 63.8 Å². The fourth-order valence-electron chi connectivity index (χ4n) is 8.00. The van der Waals surface area contributed by atoms with Gasteiger partial charge in [0.1, 0.15) is 36.8 Å². The predicted octanol–water partition coefficient (Wildman–Crippen LogP) is -9.70. The molecule has 1 aromatic carbocycles. The van der Waals surface area contributed by atoms with Gasteiger partial charge in [0.25, 0.3) is 0 Å². The average Bonchev–Trinajstić information content (AvgIpc) is 4.05. The maximum absolute atomic E-state index is 14.0. The van der Waals surface area contributed by atoms with Gasteiger partial charge in [-0.25, -0.2) is 0 Å². The second-order valence-electron chi connectivity index (χ2n) is 18.0. The van der Waals surface area contributed by atoms with Crippen molar-refractivity contribution in [3.8, 4) is 0 Å². The van der Waals surface area contributed by atoms with Gasteiger partial charge in [0.2, 0.25) is 47.3 Å². The van der Waals surface area contributed by atoms with Crippen molar-refractivity contribution in [3.05, 3.63) is 35.9 Å². The Kier molecular flexibility index (Phi) is 31.2. The van der Waals surface area contributed by atoms with Gasteiger partial charge in [-0.2, -0.15) is 5.75 Å². The maximum atomic E-state index is 14.0. The number of rotatable bonds is 32. The molecule has 0 radical (unpaired) electrons. The first-order valence-electron chi connectivity index (χ1n) is 24.0. The summed E-state index contributed by atoms with van der Waals surface area (Å²) in [5.74, 6) is -12.8. The van der Waals surface area contributed by atoms with E-state index >= 15 is 0 Å². The molecule has 9 atom stereocenters. The van der Waals surface area contributed by atoms with Gasteiger partial charge in [-0.1, -0.05) is 44.2 Å². The molecular weight excluding hydrogens is 1110 g/mol. The van der Waals surface area contributed by atoms with E-state index in [-0.39, 0.29) is 83.8 Å². The van der Waals surface area contributed by atoms with E-state index in [1.807, 2.05) is 30.5 Å². The minimum atomic E-state index is -1.85. The molecule has 10 N–H and O–H groups in total. The molecule has 0 spiro atoms. The molecule has 1 aromatic rings. The second kappa shape index (κ2) is 34.7. The Morgan fingerprint density at radius 1 is 0.711 bits per heavy atom. The number of nitrogens with one attached hydrogen (secondary N) is 6. The Hall–Kier alpha value is -5.85. The maximum Gasteiger partial charge on any atom is 7.00 e. The molecule has 8 amide bonds. The van der Waals surface area contributed by atoms with Crippen LogP contribution in [0.15, 0.2) is 30.3 Å². The van der Waals surface area contributed by atoms with E-state index < -0.39 is 151 Å². The predicted molar refractivity (Wildman–Crippen MR) is 251 cm³/mol. The molecule has 3 unspecified atom stereocenters. The third-order valence-electron chi connectivity index (χ3n) is 11.7. The van der Waals surface area contributed by atoms with E-state index in [1.165, 1.54) is 9.80 Å². The number of carbonyl (C=O) groups is 11. The first kappa shape index (κ1) is 68.2. The zero-order chi connectivity index (χ0) is 55.1. The standard InChI is InChI=1S/C46H69N10O17S.O.Tc/c1-25(2)18-30(52-43(67)38(62)27(47)19-26-8-4-3-5-9-26)44(68)56-14-7-11-34(56)45(69)55-13-6-10-33(55)42(66)49-12-15-72-16-17-73-23-35(57)51-29(21-37(60)61)40(64)50-22-31(41(65)54-32(24-74)46(70)71)53-39(63)28(48)20-36(58)59;;/h3-5,8-9,25,27-34,38,74H,6-7,10-24,47-48H2,1-2H3,(H,49,66)(H,50,64)(H,51,57)(H,52,67)(H,53,63)(H,54,65)(H,58,59)(H,60,61)(H,70,71);;/q-1;-2;+7/p-4/t27-,28?,29+,30+,31?,32?,33+,34+,38+;;/m1../s1. The van der Waals surface area contributed by atoms with Gasteiger partial charge in [-0.3, -0.25) is 38.4 Å². The van der Waals surface area contributed by atoms with Crippen LogP contribution in [0.3, 0.4) is 0 Å². The van der Waals surface area contributed by atoms with Gasteiger partial charge >= 0.3 is 20.1 Å². The summed E-state index contributed by atoms with van der Waals surface area (Å²) < 4.78 is 10.7. The Bertz CT molecular complexity index is 2130. The molecule has 2 saturated heterocycles. The van der Waals surface area contributed by atoms with Crippen LogP contribution in [-0.4, -0.2) is 188 Å². The van der Waals surface area contributed by atoms with E-state index in [0.717, 1.165) is 5.56 Å². The third-order valence-corrected chi connectivity index (χ3v) is 12.1. The van der Waals surface area contributed by atoms with Gasteiger partial charge in [-0.05, 0) is 56.1 Å². The molecule has 0 bridgehead atoms. The number of carboxylic acids is 3. The SMILES string of the molecule is CC(C)C[C@H](NC(=O)[C@@H]([O-])[C@H](N)Cc1ccccc1)C(=O)N1CCC[C@H]1C(=O)N1CCC[C@H]1C(=O)NCCOCCOCC(=O)N[C@@H](CC(=O)[O-])C(=O)NCC(NC(=O)C(N)CC(=O)[O-])C(=O)NC(C[S-])C(=O)[O-].[O-2].[Tc+7]. The van der Waals surface area contributed by atoms with E-state index in [0.29, 0.717) is 25.7 Å². The van der Waals surface area contributed by atoms with Crippen molar-refractivity contribution in [2.24, 2.45) is 17.4 Å². The molecule has 76 heavy (non-hydrogen) atoms. The zero-order valence-electron chi connectivity index (χ0n) is 41.9. The summed E-state index contributed by atoms with van der Waals surface area (Å²) in [5.41, 5.74) is 12.4. The van der Waals surface area contributed by atoms with Crippen LogP contribution in [0.5, 0.6) is 0 Å². The molecule has 28 nitrogen and oxygen atoms in total. The molecule has 0 saturated carbocycles. The van der Waals surface area contributed by atoms with Crippen LogP contribution in [0.4, 0.5) is 0 Å². The van der Waals surface area contributed by atoms with Crippen LogP contribution >= 0.6 is 0 Å². The van der Waals surface area contributed by atoms with E-state index in [9.17, 15) is 73.2 Å². The molecule has 2 aliphatic rings. The van der Waals surface area contributed by atoms with Crippen molar-refractivity contribution in [2.75, 3.05) is 58.4 Å². The number of aliphatic carboxylic acids is 3. The van der Waals surface area contributed by atoms with Crippen molar-refractivity contribution in [1.29, 1.82) is 0 Å². The van der Waals surface area contributed by atoms with Crippen LogP contribution in [0.25, 0.3) is 0 Å². The van der Waals surface area contributed by atoms with Crippen molar-refractivity contribution >= 4 is 77.8 Å². The van der Waals surface area contributed by atoms with Gasteiger partial charge in [0.05, 0.1) is 31.8 Å². The quantitative estimate of drug-likeness (QED) is 0.0245. The van der Waals surface area contributed by atoms with Crippen molar-refractivity contribution in [1.82, 2.24) is 41.7 Å². The molecule has 2 aliphatic heterocycles. The summed E-state index contributed by atoms with van der Waals surface area (Å²) in [4.78, 5) is 142. The number of likely N-dealkylation sites (tertiary alicyclic amines) is 2. The van der Waals surface area contributed by atoms with E-state index in [1.54, 1.807) is 24.3 Å². The Labute approximate surface area is 457 Å². The molecule has 2 heterocycles. The number of nitrogens with two attached hydrogens (primary N) is 2. The van der Waals surface area contributed by atoms with Crippen molar-refractivity contribution < 1.29 is 108 Å². The first-order valence-corrected chi connectivity index (χ1v) is 24.5. The molecular formula is C46H65N10O18STc. The minimum absolute atomic E-state index is 0. The summed E-state index contributed by atoms with van der Waals surface area (Å²) in [7, 11) is 0. The van der Waals surface area contributed by atoms with Crippen molar-refractivity contribution in [2.45, 2.75) is 120 Å². The number of amides is 8. The zero-order valence-corrected chi connectivity index (χ0v) is 44.5. The number of benzene rings is 1. The Balaban J connectivity index is 0.0000144. The molecule has 0 aliphatic carbocycles. The first-order chi connectivity index (χ1) is 35.0. The minimum Gasteiger partial charge on any atom is -2.00 e. The van der Waals surface area contributed by atoms with Gasteiger partial charge < -0.3 is 116 Å². The molecule has 2 fully saturated rings. The Morgan fingerprint density at radius 3 is 1.91 bits per heavy atom. The van der Waals surface area contributed by atoms with Crippen LogP contribution in [-0.2, 0) is 107 Å². The smallest absolute Gasteiger partial charge is 2.00 e. The summed E-state index contributed by atoms with van der Waals surface area (Å²) in [5, 5.41) is 60.2. The monoisotopic (exact) mass is 1170 g/mol. The molecule has 420 valence electrons. The number of hydrogen-bond donors (Lipinski definition) is 8. The summed E-state index contributed by atoms with van der Waals surface area (Å²) in [6.45, 7) is 2.40. The average molecular weight is 1180 g/mol. The van der Waals surface area contributed by atoms with Crippen molar-refractivity contribution in [3.63, 3.8) is 0 Å². The second-order valence-corrected chi connectivity index (χ2v) is 18.4. The van der Waals surface area contributed by atoms with Crippen LogP contribution in [0, 0.1) is 5.92 Å². The Morgan fingerprint density at radius 2 is 1.30 bits per heavy atom. The summed E-state index contributed by atoms with van der Waals surface area (Å²) in [6.07, 6.45) is -1.79. The summed E-state index contributed by atoms with van der Waals surface area (Å²) >= 11 is 4.66. The largest absolute Gasteiger partial charge is 7.00 e. The number of carbonyl (C=O) groups excluding carboxylic acids is 11. The third kappa shape index (κ3) is 22.8. The molecule has 0 aromatic heterocycles. The van der Waals surface area contributed by atoms with Gasteiger partial charge in [0, 0.05) is 63.0 Å². The molecule has 3 rings (SSSR count). The van der Waals surface area contributed by atoms with Gasteiger partial charge in [0.15, 0.2) is 0 Å². The van der Waals surface area contributed by atoms with E-state index in [4.69, 9.17) is 20.9 Å². The normalized spacial score (nSPS) is 17.7. The number of carboxylic acid groups (broad SMARTS) is 3. The van der Waals surface area contributed by atoms with Gasteiger partial charge in [-0.15, -0.1) is 0 Å². The van der Waals surface area contributed by atoms with E-state index in [2.05, 4.69) is 33.9 Å². The summed E-state index contributed by atoms with van der Waals surface area (Å²) in [6, 6.07) is -1.96. The van der Waals surface area contributed by atoms with Crippen LogP contribution in [0.2, 0.25) is 0 Å². The number of ether oxygens (including phenoxy) is 2. The fraction of sp³-hybridized carbons (Fsp3) is 0.630. The van der Waals surface area contributed by atoms with Crippen LogP contribution in [0.1, 0.15) is 64.4 Å². The topological polar surface area (TPSA) is 458 Å². The molecule has 30 heteroatoms.